The van der Waals surface area contributed by atoms with Crippen LogP contribution in [0.4, 0.5) is 24.7 Å². The first-order chi connectivity index (χ1) is 26.7. The van der Waals surface area contributed by atoms with E-state index < -0.39 is 34.5 Å². The molecule has 4 aromatic heterocycles. The van der Waals surface area contributed by atoms with Gasteiger partial charge < -0.3 is 29.5 Å². The molecule has 2 saturated heterocycles. The quantitative estimate of drug-likeness (QED) is 0.228. The maximum atomic E-state index is 14.6. The minimum atomic E-state index is -4.62. The molecule has 2 fully saturated rings. The number of amides is 2. The number of nitrogens with zero attached hydrogens (tertiary/aromatic N) is 9. The largest absolute Gasteiger partial charge is 0.503 e. The zero-order valence-electron chi connectivity index (χ0n) is 30.5. The number of nitrogens with one attached hydrogen (secondary N) is 1. The first-order valence-electron chi connectivity index (χ1n) is 18.0. The zero-order valence-corrected chi connectivity index (χ0v) is 31.3. The van der Waals surface area contributed by atoms with E-state index in [1.807, 2.05) is 11.8 Å². The third-order valence-corrected chi connectivity index (χ3v) is 11.3. The molecule has 2 amide bonds. The summed E-state index contributed by atoms with van der Waals surface area (Å²) in [5.41, 5.74) is -0.0802. The molecule has 1 aromatic carbocycles. The third kappa shape index (κ3) is 6.24. The lowest BCUT2D eigenvalue weighted by molar-refractivity contribution is -0.137. The topological polar surface area (TPSA) is 173 Å². The van der Waals surface area contributed by atoms with Gasteiger partial charge in [0.1, 0.15) is 12.9 Å². The van der Waals surface area contributed by atoms with Gasteiger partial charge in [-0.3, -0.25) is 14.4 Å². The van der Waals surface area contributed by atoms with Gasteiger partial charge in [0.05, 0.1) is 29.1 Å². The van der Waals surface area contributed by atoms with Crippen LogP contribution in [0, 0.1) is 6.92 Å². The molecule has 19 heteroatoms. The number of halogens is 4. The molecule has 3 aliphatic rings. The highest BCUT2D eigenvalue weighted by atomic mass is 35.5. The monoisotopic (exact) mass is 792 g/mol. The Balaban J connectivity index is 1.16. The molecular weight excluding hydrogens is 757 g/mol. The van der Waals surface area contributed by atoms with E-state index in [9.17, 15) is 32.7 Å². The molecule has 15 nitrogen and oxygen atoms in total. The lowest BCUT2D eigenvalue weighted by atomic mass is 9.73. The average molecular weight is 793 g/mol. The number of ether oxygens (including phenoxy) is 1. The van der Waals surface area contributed by atoms with Gasteiger partial charge in [-0.1, -0.05) is 18.5 Å². The number of methoxy groups -OCH3 is 1. The summed E-state index contributed by atoms with van der Waals surface area (Å²) in [6, 6.07) is 6.01. The molecule has 292 valence electrons. The number of hydrogen-bond donors (Lipinski definition) is 2. The van der Waals surface area contributed by atoms with Gasteiger partial charge in [0.25, 0.3) is 11.5 Å². The van der Waals surface area contributed by atoms with Crippen molar-refractivity contribution in [2.24, 2.45) is 0 Å². The minimum Gasteiger partial charge on any atom is -0.503 e. The van der Waals surface area contributed by atoms with E-state index in [0.717, 1.165) is 37.7 Å². The van der Waals surface area contributed by atoms with Gasteiger partial charge in [-0.15, -0.1) is 5.10 Å². The van der Waals surface area contributed by atoms with Gasteiger partial charge in [-0.05, 0) is 62.8 Å². The second-order valence-corrected chi connectivity index (χ2v) is 14.8. The van der Waals surface area contributed by atoms with E-state index >= 15 is 0 Å². The Hall–Kier alpha value is -5.78. The number of rotatable bonds is 7. The van der Waals surface area contributed by atoms with Crippen molar-refractivity contribution in [2.45, 2.75) is 63.6 Å². The van der Waals surface area contributed by atoms with Crippen LogP contribution >= 0.6 is 11.6 Å². The number of anilines is 2. The molecule has 0 radical (unpaired) electrons. The van der Waals surface area contributed by atoms with Gasteiger partial charge in [-0.2, -0.15) is 22.7 Å². The summed E-state index contributed by atoms with van der Waals surface area (Å²) in [4.78, 5) is 63.0. The van der Waals surface area contributed by atoms with Crippen molar-refractivity contribution in [3.05, 3.63) is 80.2 Å². The van der Waals surface area contributed by atoms with Crippen LogP contribution in [0.15, 0.2) is 41.5 Å². The smallest absolute Gasteiger partial charge is 0.416 e. The highest BCUT2D eigenvalue weighted by Gasteiger charge is 2.49. The van der Waals surface area contributed by atoms with Crippen LogP contribution in [-0.2, 0) is 22.9 Å². The minimum absolute atomic E-state index is 0.0197. The standard InChI is InChI=1S/C37H36ClF3N10O5/c1-19-16-36(9-13-49(14-10-36)34(55)28-30(53)32(43-18-42-28)48-11-4-12-48)27-29(19)50(17-25(52)45-24-7-5-21(15-23(24)38)37(39,40)41)35-46-31(47-51(35)33(27)54)22-6-8-26(56-3)44-20(22)2/h5-8,15,18-19,53H,4,9-14,16-17H2,1-3H3,(H,45,52). The number of pyridine rings is 1. The Kier molecular flexibility index (Phi) is 9.13. The van der Waals surface area contributed by atoms with Crippen LogP contribution in [0.25, 0.3) is 17.2 Å². The first-order valence-corrected chi connectivity index (χ1v) is 18.4. The highest BCUT2D eigenvalue weighted by Crippen LogP contribution is 2.51. The normalized spacial score (nSPS) is 17.6. The summed E-state index contributed by atoms with van der Waals surface area (Å²) in [5, 5.41) is 17.9. The molecule has 2 N–H and O–H groups in total. The lowest BCUT2D eigenvalue weighted by Gasteiger charge is -2.39. The molecule has 6 heterocycles. The maximum Gasteiger partial charge on any atom is 0.416 e. The molecule has 2 aliphatic heterocycles. The van der Waals surface area contributed by atoms with Crippen LogP contribution in [0.5, 0.6) is 11.6 Å². The number of carbonyl (C=O) groups is 2. The second-order valence-electron chi connectivity index (χ2n) is 14.4. The van der Waals surface area contributed by atoms with Crippen LogP contribution in [0.3, 0.4) is 0 Å². The Labute approximate surface area is 322 Å². The molecule has 1 atom stereocenters. The molecule has 1 aliphatic carbocycles. The summed E-state index contributed by atoms with van der Waals surface area (Å²) in [6.45, 7) is 5.29. The summed E-state index contributed by atoms with van der Waals surface area (Å²) in [5.74, 6) is -0.609. The van der Waals surface area contributed by atoms with Crippen LogP contribution in [-0.4, -0.2) is 89.2 Å². The van der Waals surface area contributed by atoms with Crippen LogP contribution in [0.1, 0.15) is 71.5 Å². The second kappa shape index (κ2) is 13.8. The van der Waals surface area contributed by atoms with Crippen molar-refractivity contribution < 1.29 is 32.6 Å². The van der Waals surface area contributed by atoms with Crippen molar-refractivity contribution in [3.63, 3.8) is 0 Å². The summed E-state index contributed by atoms with van der Waals surface area (Å²) in [7, 11) is 1.49. The van der Waals surface area contributed by atoms with Gasteiger partial charge >= 0.3 is 6.18 Å². The molecular formula is C37H36ClF3N10O5. The van der Waals surface area contributed by atoms with Crippen molar-refractivity contribution in [2.75, 3.05) is 43.5 Å². The number of carbonyl (C=O) groups excluding carboxylic acids is 2. The van der Waals surface area contributed by atoms with Crippen LogP contribution < -0.4 is 20.5 Å². The number of aryl methyl sites for hydroxylation is 1. The SMILES string of the molecule is COc1ccc(-c2nc3n(CC(=O)Nc4ccc(C(F)(F)F)cc4Cl)c4c(c(=O)n3n2)C2(CCN(C(=O)c3ncnc(N5CCC5)c3O)CC2)CC4C)c(C)n1. The average Bonchev–Trinajstić information content (AvgIpc) is 3.70. The molecule has 5 aromatic rings. The van der Waals surface area contributed by atoms with Gasteiger partial charge in [0, 0.05) is 54.5 Å². The van der Waals surface area contributed by atoms with Gasteiger partial charge in [0.15, 0.2) is 23.1 Å². The Morgan fingerprint density at radius 2 is 1.84 bits per heavy atom. The van der Waals surface area contributed by atoms with Gasteiger partial charge in [0.2, 0.25) is 17.6 Å². The molecule has 8 rings (SSSR count). The molecule has 56 heavy (non-hydrogen) atoms. The highest BCUT2D eigenvalue weighted by molar-refractivity contribution is 6.33. The summed E-state index contributed by atoms with van der Waals surface area (Å²) >= 11 is 6.18. The Morgan fingerprint density at radius 1 is 1.09 bits per heavy atom. The molecule has 1 spiro atoms. The van der Waals surface area contributed by atoms with E-state index in [1.54, 1.807) is 28.5 Å². The number of aromatic nitrogens is 7. The fourth-order valence-electron chi connectivity index (χ4n) is 8.18. The van der Waals surface area contributed by atoms with E-state index in [0.29, 0.717) is 53.5 Å². The van der Waals surface area contributed by atoms with Crippen molar-refractivity contribution >= 4 is 40.7 Å². The summed E-state index contributed by atoms with van der Waals surface area (Å²) < 4.78 is 48.0. The number of alkyl halides is 3. The number of aromatic hydroxyl groups is 1. The van der Waals surface area contributed by atoms with E-state index in [2.05, 4.69) is 25.4 Å². The van der Waals surface area contributed by atoms with E-state index in [-0.39, 0.29) is 59.3 Å². The van der Waals surface area contributed by atoms with Crippen molar-refractivity contribution in [3.8, 4) is 23.0 Å². The summed E-state index contributed by atoms with van der Waals surface area (Å²) in [6.07, 6.45) is -1.06. The van der Waals surface area contributed by atoms with Crippen molar-refractivity contribution in [1.82, 2.24) is 39.0 Å². The predicted octanol–water partition coefficient (Wildman–Crippen LogP) is 4.97. The number of benzene rings is 1. The fraction of sp³-hybridized carbons (Fsp3) is 0.405. The third-order valence-electron chi connectivity index (χ3n) is 11.0. The number of hydrogen-bond acceptors (Lipinski definition) is 11. The predicted molar refractivity (Wildman–Crippen MR) is 197 cm³/mol. The van der Waals surface area contributed by atoms with E-state index in [4.69, 9.17) is 21.3 Å². The Morgan fingerprint density at radius 3 is 2.48 bits per heavy atom. The van der Waals surface area contributed by atoms with Crippen LogP contribution in [0.2, 0.25) is 5.02 Å². The molecule has 0 saturated carbocycles. The van der Waals surface area contributed by atoms with Gasteiger partial charge in [-0.25, -0.2) is 15.0 Å². The van der Waals surface area contributed by atoms with Crippen molar-refractivity contribution in [1.29, 1.82) is 0 Å². The lowest BCUT2D eigenvalue weighted by Crippen LogP contribution is -2.47. The zero-order chi connectivity index (χ0) is 39.7. The number of piperidine rings is 1. The number of fused-ring (bicyclic) bond motifs is 3. The number of likely N-dealkylation sites (tertiary alicyclic amines) is 1. The maximum absolute atomic E-state index is 14.6. The molecule has 1 unspecified atom stereocenters. The van der Waals surface area contributed by atoms with E-state index in [1.165, 1.54) is 18.0 Å². The fourth-order valence-corrected chi connectivity index (χ4v) is 8.41. The molecule has 0 bridgehead atoms. The first kappa shape index (κ1) is 37.2. The Bertz CT molecular complexity index is 2480.